The molecule has 0 spiro atoms. The summed E-state index contributed by atoms with van der Waals surface area (Å²) in [5, 5.41) is 11.9. The lowest BCUT2D eigenvalue weighted by Crippen LogP contribution is -2.24. The van der Waals surface area contributed by atoms with Gasteiger partial charge in [0.05, 0.1) is 22.7 Å². The first-order valence-corrected chi connectivity index (χ1v) is 8.30. The van der Waals surface area contributed by atoms with Gasteiger partial charge < -0.3 is 9.88 Å². The summed E-state index contributed by atoms with van der Waals surface area (Å²) in [5.74, 6) is -0.627. The number of nitrogens with zero attached hydrogens (tertiary/aromatic N) is 3. The van der Waals surface area contributed by atoms with Gasteiger partial charge >= 0.3 is 0 Å². The normalized spacial score (nSPS) is 10.4. The molecule has 134 valence electrons. The van der Waals surface area contributed by atoms with Crippen molar-refractivity contribution in [2.45, 2.75) is 20.4 Å². The molecule has 0 saturated heterocycles. The molecule has 1 aromatic carbocycles. The number of aldehydes is 1. The number of hydrogen-bond donors (Lipinski definition) is 1. The number of rotatable bonds is 4. The van der Waals surface area contributed by atoms with Gasteiger partial charge in [-0.05, 0) is 44.2 Å². The van der Waals surface area contributed by atoms with Gasteiger partial charge in [0.15, 0.2) is 6.29 Å². The van der Waals surface area contributed by atoms with Crippen molar-refractivity contribution in [1.29, 1.82) is 5.26 Å². The minimum Gasteiger partial charge on any atom is -0.332 e. The van der Waals surface area contributed by atoms with Crippen molar-refractivity contribution in [2.75, 3.05) is 5.32 Å². The number of hydrogen-bond acceptors (Lipinski definition) is 5. The standard InChI is InChI=1S/C20H16N4O3/c1-3-24-10-16(18(26)15-6-4-12(2)22-19(15)24)20(27)23-17-7-5-13(9-21)8-14(17)11-25/h4-8,10-11H,3H2,1-2H3,(H,23,27). The van der Waals surface area contributed by atoms with E-state index in [-0.39, 0.29) is 16.8 Å². The summed E-state index contributed by atoms with van der Waals surface area (Å²) in [7, 11) is 0. The first-order valence-electron chi connectivity index (χ1n) is 8.30. The highest BCUT2D eigenvalue weighted by Crippen LogP contribution is 2.17. The Bertz CT molecular complexity index is 1170. The van der Waals surface area contributed by atoms with Gasteiger partial charge in [0, 0.05) is 24.0 Å². The van der Waals surface area contributed by atoms with Crippen LogP contribution >= 0.6 is 0 Å². The molecule has 1 N–H and O–H groups in total. The van der Waals surface area contributed by atoms with Gasteiger partial charge in [0.1, 0.15) is 11.2 Å². The van der Waals surface area contributed by atoms with Gasteiger partial charge in [-0.3, -0.25) is 14.4 Å². The minimum absolute atomic E-state index is 0.0452. The average molecular weight is 360 g/mol. The molecule has 0 aliphatic carbocycles. The smallest absolute Gasteiger partial charge is 0.261 e. The number of nitrogens with one attached hydrogen (secondary N) is 1. The lowest BCUT2D eigenvalue weighted by atomic mass is 10.1. The van der Waals surface area contributed by atoms with Crippen molar-refractivity contribution >= 4 is 28.9 Å². The fraction of sp³-hybridized carbons (Fsp3) is 0.150. The van der Waals surface area contributed by atoms with Crippen LogP contribution in [-0.2, 0) is 6.54 Å². The van der Waals surface area contributed by atoms with Gasteiger partial charge in [-0.1, -0.05) is 0 Å². The number of aromatic nitrogens is 2. The third-order valence-electron chi connectivity index (χ3n) is 4.20. The Morgan fingerprint density at radius 1 is 1.33 bits per heavy atom. The van der Waals surface area contributed by atoms with Gasteiger partial charge in [-0.2, -0.15) is 5.26 Å². The highest BCUT2D eigenvalue weighted by Gasteiger charge is 2.17. The SMILES string of the molecule is CCn1cc(C(=O)Nc2ccc(C#N)cc2C=O)c(=O)c2ccc(C)nc21. The molecular formula is C20H16N4O3. The third-order valence-corrected chi connectivity index (χ3v) is 4.20. The summed E-state index contributed by atoms with van der Waals surface area (Å²) in [4.78, 5) is 41.1. The van der Waals surface area contributed by atoms with E-state index in [2.05, 4.69) is 10.3 Å². The number of aryl methyl sites for hydroxylation is 2. The zero-order chi connectivity index (χ0) is 19.6. The van der Waals surface area contributed by atoms with Crippen molar-refractivity contribution < 1.29 is 9.59 Å². The van der Waals surface area contributed by atoms with E-state index in [1.165, 1.54) is 24.4 Å². The topological polar surface area (TPSA) is 105 Å². The molecule has 0 aliphatic rings. The Morgan fingerprint density at radius 2 is 2.11 bits per heavy atom. The number of pyridine rings is 2. The quantitative estimate of drug-likeness (QED) is 0.720. The predicted molar refractivity (Wildman–Crippen MR) is 101 cm³/mol. The van der Waals surface area contributed by atoms with Crippen LogP contribution in [0, 0.1) is 18.3 Å². The Balaban J connectivity index is 2.08. The fourth-order valence-electron chi connectivity index (χ4n) is 2.80. The lowest BCUT2D eigenvalue weighted by molar-refractivity contribution is 0.102. The van der Waals surface area contributed by atoms with E-state index in [1.54, 1.807) is 16.7 Å². The van der Waals surface area contributed by atoms with E-state index < -0.39 is 11.3 Å². The maximum Gasteiger partial charge on any atom is 0.261 e. The van der Waals surface area contributed by atoms with Crippen LogP contribution in [0.2, 0.25) is 0 Å². The highest BCUT2D eigenvalue weighted by atomic mass is 16.2. The molecule has 27 heavy (non-hydrogen) atoms. The molecule has 0 unspecified atom stereocenters. The second-order valence-corrected chi connectivity index (χ2v) is 5.97. The van der Waals surface area contributed by atoms with Crippen LogP contribution in [0.3, 0.4) is 0 Å². The van der Waals surface area contributed by atoms with Crippen LogP contribution < -0.4 is 10.7 Å². The van der Waals surface area contributed by atoms with Crippen molar-refractivity contribution in [3.05, 3.63) is 69.1 Å². The maximum atomic E-state index is 12.8. The van der Waals surface area contributed by atoms with Crippen LogP contribution in [0.25, 0.3) is 11.0 Å². The lowest BCUT2D eigenvalue weighted by Gasteiger charge is -2.12. The van der Waals surface area contributed by atoms with E-state index in [0.717, 1.165) is 5.69 Å². The molecule has 7 nitrogen and oxygen atoms in total. The molecule has 0 radical (unpaired) electrons. The second kappa shape index (κ2) is 7.22. The summed E-state index contributed by atoms with van der Waals surface area (Å²) in [6.45, 7) is 4.25. The van der Waals surface area contributed by atoms with E-state index in [0.29, 0.717) is 29.4 Å². The van der Waals surface area contributed by atoms with Gasteiger partial charge in [0.2, 0.25) is 5.43 Å². The predicted octanol–water partition coefficient (Wildman–Crippen LogP) is 2.66. The zero-order valence-corrected chi connectivity index (χ0v) is 14.8. The zero-order valence-electron chi connectivity index (χ0n) is 14.8. The fourth-order valence-corrected chi connectivity index (χ4v) is 2.80. The molecule has 0 saturated carbocycles. The average Bonchev–Trinajstić information content (AvgIpc) is 2.68. The molecule has 0 atom stereocenters. The number of carbonyl (C=O) groups excluding carboxylic acids is 2. The van der Waals surface area contributed by atoms with E-state index >= 15 is 0 Å². The van der Waals surface area contributed by atoms with Crippen LogP contribution in [-0.4, -0.2) is 21.7 Å². The van der Waals surface area contributed by atoms with Gasteiger partial charge in [-0.25, -0.2) is 4.98 Å². The van der Waals surface area contributed by atoms with Crippen LogP contribution in [0.15, 0.2) is 41.3 Å². The Morgan fingerprint density at radius 3 is 2.78 bits per heavy atom. The van der Waals surface area contributed by atoms with Crippen molar-refractivity contribution in [2.24, 2.45) is 0 Å². The summed E-state index contributed by atoms with van der Waals surface area (Å²) >= 11 is 0. The Kier molecular flexibility index (Phi) is 4.81. The second-order valence-electron chi connectivity index (χ2n) is 5.97. The maximum absolute atomic E-state index is 12.8. The molecule has 2 heterocycles. The van der Waals surface area contributed by atoms with E-state index in [9.17, 15) is 14.4 Å². The van der Waals surface area contributed by atoms with E-state index in [4.69, 9.17) is 5.26 Å². The molecule has 0 aliphatic heterocycles. The summed E-state index contributed by atoms with van der Waals surface area (Å²) in [6.07, 6.45) is 2.02. The van der Waals surface area contributed by atoms with Crippen LogP contribution in [0.4, 0.5) is 5.69 Å². The molecule has 0 fully saturated rings. The Labute approximate surface area is 154 Å². The van der Waals surface area contributed by atoms with Crippen LogP contribution in [0.5, 0.6) is 0 Å². The molecule has 1 amide bonds. The molecule has 0 bridgehead atoms. The number of benzene rings is 1. The van der Waals surface area contributed by atoms with Crippen molar-refractivity contribution in [3.63, 3.8) is 0 Å². The summed E-state index contributed by atoms with van der Waals surface area (Å²) in [5.41, 5.74) is 1.52. The molecule has 3 aromatic rings. The van der Waals surface area contributed by atoms with Gasteiger partial charge in [-0.15, -0.1) is 0 Å². The van der Waals surface area contributed by atoms with Crippen LogP contribution in [0.1, 0.15) is 38.9 Å². The third kappa shape index (κ3) is 3.33. The number of nitriles is 1. The number of amides is 1. The summed E-state index contributed by atoms with van der Waals surface area (Å²) in [6, 6.07) is 9.63. The van der Waals surface area contributed by atoms with Gasteiger partial charge in [0.25, 0.3) is 5.91 Å². The van der Waals surface area contributed by atoms with E-state index in [1.807, 2.05) is 19.9 Å². The highest BCUT2D eigenvalue weighted by molar-refractivity contribution is 6.07. The molecule has 7 heteroatoms. The number of fused-ring (bicyclic) bond motifs is 1. The monoisotopic (exact) mass is 360 g/mol. The number of anilines is 1. The molecule has 3 rings (SSSR count). The largest absolute Gasteiger partial charge is 0.332 e. The first kappa shape index (κ1) is 18.0. The first-order chi connectivity index (χ1) is 13.0. The Hall–Kier alpha value is -3.79. The van der Waals surface area contributed by atoms with Crippen molar-refractivity contribution in [3.8, 4) is 6.07 Å². The number of carbonyl (C=O) groups is 2. The minimum atomic E-state index is -0.627. The molecule has 2 aromatic heterocycles. The summed E-state index contributed by atoms with van der Waals surface area (Å²) < 4.78 is 1.73. The molecular weight excluding hydrogens is 344 g/mol. The van der Waals surface area contributed by atoms with Crippen molar-refractivity contribution in [1.82, 2.24) is 9.55 Å².